The van der Waals surface area contributed by atoms with E-state index >= 15 is 0 Å². The van der Waals surface area contributed by atoms with Crippen LogP contribution in [-0.2, 0) is 25.0 Å². The Hall–Kier alpha value is -2.60. The van der Waals surface area contributed by atoms with Gasteiger partial charge < -0.3 is 19.8 Å². The van der Waals surface area contributed by atoms with E-state index < -0.39 is 0 Å². The third-order valence-electron chi connectivity index (χ3n) is 3.42. The minimum absolute atomic E-state index is 0.208. The van der Waals surface area contributed by atoms with Gasteiger partial charge in [-0.25, -0.2) is 0 Å². The van der Waals surface area contributed by atoms with Crippen molar-refractivity contribution in [2.75, 3.05) is 12.8 Å². The van der Waals surface area contributed by atoms with Crippen LogP contribution in [0.5, 0.6) is 5.88 Å². The summed E-state index contributed by atoms with van der Waals surface area (Å²) in [5, 5.41) is 0.854. The van der Waals surface area contributed by atoms with Gasteiger partial charge in [0.05, 0.1) is 12.0 Å². The molecule has 2 N–H and O–H groups in total. The second-order valence-corrected chi connectivity index (χ2v) is 5.09. The van der Waals surface area contributed by atoms with Crippen molar-refractivity contribution in [2.45, 2.75) is 13.2 Å². The van der Waals surface area contributed by atoms with Gasteiger partial charge in [0, 0.05) is 20.4 Å². The Bertz CT molecular complexity index is 781. The molecule has 6 heteroatoms. The first-order chi connectivity index (χ1) is 10.7. The molecule has 6 nitrogen and oxygen atoms in total. The molecule has 0 aliphatic carbocycles. The lowest BCUT2D eigenvalue weighted by Gasteiger charge is -2.08. The van der Waals surface area contributed by atoms with Gasteiger partial charge >= 0.3 is 0 Å². The highest BCUT2D eigenvalue weighted by molar-refractivity contribution is 5.82. The number of nitrogen functional groups attached to an aromatic ring is 1. The number of aromatic nitrogens is 3. The first-order valence-corrected chi connectivity index (χ1v) is 6.95. The maximum absolute atomic E-state index is 5.82. The van der Waals surface area contributed by atoms with Gasteiger partial charge in [0.1, 0.15) is 12.3 Å². The maximum atomic E-state index is 5.82. The van der Waals surface area contributed by atoms with Crippen molar-refractivity contribution in [1.29, 1.82) is 0 Å². The molecule has 0 bridgehead atoms. The van der Waals surface area contributed by atoms with Crippen molar-refractivity contribution in [3.63, 3.8) is 0 Å². The van der Waals surface area contributed by atoms with E-state index in [-0.39, 0.29) is 5.95 Å². The Kier molecular flexibility index (Phi) is 3.93. The molecule has 0 saturated carbocycles. The number of rotatable bonds is 5. The van der Waals surface area contributed by atoms with E-state index in [9.17, 15) is 0 Å². The molecule has 0 atom stereocenters. The van der Waals surface area contributed by atoms with Gasteiger partial charge in [-0.15, -0.1) is 0 Å². The van der Waals surface area contributed by atoms with Crippen molar-refractivity contribution >= 4 is 17.0 Å². The molecule has 0 fully saturated rings. The van der Waals surface area contributed by atoms with Gasteiger partial charge in [-0.2, -0.15) is 9.97 Å². The zero-order chi connectivity index (χ0) is 15.5. The first-order valence-electron chi connectivity index (χ1n) is 6.95. The number of benzene rings is 1. The zero-order valence-corrected chi connectivity index (χ0v) is 12.6. The molecule has 2 aromatic heterocycles. The molecule has 0 unspecified atom stereocenters. The summed E-state index contributed by atoms with van der Waals surface area (Å²) in [6.07, 6.45) is 1.91. The predicted molar refractivity (Wildman–Crippen MR) is 84.4 cm³/mol. The van der Waals surface area contributed by atoms with Crippen LogP contribution in [0.1, 0.15) is 11.1 Å². The second-order valence-electron chi connectivity index (χ2n) is 5.09. The minimum atomic E-state index is 0.208. The van der Waals surface area contributed by atoms with Crippen LogP contribution in [0.4, 0.5) is 5.95 Å². The Morgan fingerprint density at radius 3 is 2.41 bits per heavy atom. The predicted octanol–water partition coefficient (Wildman–Crippen LogP) is 2.28. The highest BCUT2D eigenvalue weighted by Gasteiger charge is 2.10. The fraction of sp³-hybridized carbons (Fsp3) is 0.250. The van der Waals surface area contributed by atoms with Gasteiger partial charge in [0.25, 0.3) is 0 Å². The summed E-state index contributed by atoms with van der Waals surface area (Å²) in [5.74, 6) is 0.712. The van der Waals surface area contributed by atoms with E-state index in [4.69, 9.17) is 15.2 Å². The fourth-order valence-corrected chi connectivity index (χ4v) is 2.29. The molecular formula is C16H18N4O2. The average Bonchev–Trinajstić information content (AvgIpc) is 2.88. The van der Waals surface area contributed by atoms with Crippen molar-refractivity contribution < 1.29 is 9.47 Å². The number of hydrogen-bond acceptors (Lipinski definition) is 5. The number of nitrogens with zero attached hydrogens (tertiary/aromatic N) is 3. The molecular weight excluding hydrogens is 280 g/mol. The largest absolute Gasteiger partial charge is 0.472 e. The van der Waals surface area contributed by atoms with Crippen LogP contribution in [0.2, 0.25) is 0 Å². The van der Waals surface area contributed by atoms with Crippen molar-refractivity contribution in [3.05, 3.63) is 47.7 Å². The van der Waals surface area contributed by atoms with Crippen molar-refractivity contribution in [3.8, 4) is 5.88 Å². The molecule has 0 radical (unpaired) electrons. The average molecular weight is 298 g/mol. The van der Waals surface area contributed by atoms with Crippen LogP contribution in [0.25, 0.3) is 11.0 Å². The number of hydrogen-bond donors (Lipinski definition) is 1. The maximum Gasteiger partial charge on any atom is 0.228 e. The van der Waals surface area contributed by atoms with E-state index in [0.717, 1.165) is 22.2 Å². The van der Waals surface area contributed by atoms with Crippen LogP contribution in [0.15, 0.2) is 36.5 Å². The smallest absolute Gasteiger partial charge is 0.228 e. The molecule has 2 heterocycles. The topological polar surface area (TPSA) is 75.2 Å². The molecule has 1 aromatic carbocycles. The highest BCUT2D eigenvalue weighted by Crippen LogP contribution is 2.24. The number of methoxy groups -OCH3 is 1. The molecule has 0 aliphatic rings. The Labute approximate surface area is 128 Å². The van der Waals surface area contributed by atoms with Crippen LogP contribution < -0.4 is 10.5 Å². The summed E-state index contributed by atoms with van der Waals surface area (Å²) in [5.41, 5.74) is 8.69. The molecule has 0 aliphatic heterocycles. The quantitative estimate of drug-likeness (QED) is 0.782. The molecule has 0 spiro atoms. The van der Waals surface area contributed by atoms with Gasteiger partial charge in [-0.1, -0.05) is 24.3 Å². The lowest BCUT2D eigenvalue weighted by atomic mass is 10.1. The van der Waals surface area contributed by atoms with Crippen LogP contribution >= 0.6 is 0 Å². The Morgan fingerprint density at radius 2 is 1.73 bits per heavy atom. The third kappa shape index (κ3) is 2.87. The summed E-state index contributed by atoms with van der Waals surface area (Å²) < 4.78 is 12.8. The number of ether oxygens (including phenoxy) is 2. The Balaban J connectivity index is 1.78. The summed E-state index contributed by atoms with van der Waals surface area (Å²) in [6, 6.07) is 10.00. The summed E-state index contributed by atoms with van der Waals surface area (Å²) >= 11 is 0. The van der Waals surface area contributed by atoms with E-state index in [1.807, 2.05) is 48.1 Å². The van der Waals surface area contributed by atoms with Gasteiger partial charge in [-0.3, -0.25) is 0 Å². The van der Waals surface area contributed by atoms with Crippen LogP contribution in [-0.4, -0.2) is 21.6 Å². The molecule has 0 saturated heterocycles. The van der Waals surface area contributed by atoms with Gasteiger partial charge in [0.2, 0.25) is 11.8 Å². The first kappa shape index (κ1) is 14.3. The molecule has 3 rings (SSSR count). The third-order valence-corrected chi connectivity index (χ3v) is 3.42. The van der Waals surface area contributed by atoms with E-state index in [0.29, 0.717) is 19.1 Å². The summed E-state index contributed by atoms with van der Waals surface area (Å²) in [4.78, 5) is 8.41. The monoisotopic (exact) mass is 298 g/mol. The number of aryl methyl sites for hydroxylation is 1. The van der Waals surface area contributed by atoms with Crippen molar-refractivity contribution in [2.24, 2.45) is 7.05 Å². The molecule has 114 valence electrons. The standard InChI is InChI=1S/C16H18N4O2/c1-20-8-7-13-14(20)18-16(17)19-15(13)22-10-12-5-3-11(4-6-12)9-21-2/h3-8H,9-10H2,1-2H3,(H2,17,18,19). The van der Waals surface area contributed by atoms with Crippen molar-refractivity contribution in [1.82, 2.24) is 14.5 Å². The van der Waals surface area contributed by atoms with E-state index in [1.165, 1.54) is 0 Å². The second kappa shape index (κ2) is 6.03. The molecule has 22 heavy (non-hydrogen) atoms. The molecule has 0 amide bonds. The SMILES string of the molecule is COCc1ccc(COc2nc(N)nc3c2ccn3C)cc1. The minimum Gasteiger partial charge on any atom is -0.472 e. The van der Waals surface area contributed by atoms with E-state index in [2.05, 4.69) is 9.97 Å². The fourth-order valence-electron chi connectivity index (χ4n) is 2.29. The lowest BCUT2D eigenvalue weighted by Crippen LogP contribution is -2.03. The summed E-state index contributed by atoms with van der Waals surface area (Å²) in [6.45, 7) is 1.03. The van der Waals surface area contributed by atoms with Crippen LogP contribution in [0.3, 0.4) is 0 Å². The van der Waals surface area contributed by atoms with Crippen LogP contribution in [0, 0.1) is 0 Å². The van der Waals surface area contributed by atoms with Gasteiger partial charge in [-0.05, 0) is 17.2 Å². The normalized spacial score (nSPS) is 11.0. The molecule has 3 aromatic rings. The van der Waals surface area contributed by atoms with E-state index in [1.54, 1.807) is 7.11 Å². The summed E-state index contributed by atoms with van der Waals surface area (Å²) in [7, 11) is 3.59. The zero-order valence-electron chi connectivity index (χ0n) is 12.6. The number of anilines is 1. The number of fused-ring (bicyclic) bond motifs is 1. The lowest BCUT2D eigenvalue weighted by molar-refractivity contribution is 0.185. The Morgan fingerprint density at radius 1 is 1.05 bits per heavy atom. The highest BCUT2D eigenvalue weighted by atomic mass is 16.5. The van der Waals surface area contributed by atoms with Gasteiger partial charge in [0.15, 0.2) is 0 Å². The number of nitrogens with two attached hydrogens (primary N) is 1.